The second kappa shape index (κ2) is 7.67. The van der Waals surface area contributed by atoms with Crippen molar-refractivity contribution in [3.05, 3.63) is 0 Å². The van der Waals surface area contributed by atoms with Crippen molar-refractivity contribution in [1.82, 2.24) is 20.7 Å². The molecule has 0 radical (unpaired) electrons. The highest BCUT2D eigenvalue weighted by Gasteiger charge is 2.15. The molecule has 1 saturated heterocycles. The fourth-order valence-corrected chi connectivity index (χ4v) is 1.79. The minimum atomic E-state index is -0.428. The normalized spacial score (nSPS) is 18.3. The molecule has 0 bridgehead atoms. The third-order valence-electron chi connectivity index (χ3n) is 2.86. The number of hydrogen-bond acceptors (Lipinski definition) is 5. The van der Waals surface area contributed by atoms with E-state index in [1.165, 1.54) is 0 Å². The number of nitrogens with one attached hydrogen (secondary N) is 2. The van der Waals surface area contributed by atoms with Gasteiger partial charge in [-0.1, -0.05) is 0 Å². The zero-order valence-corrected chi connectivity index (χ0v) is 12.7. The molecule has 2 N–H and O–H groups in total. The SMILES string of the molecule is CN1CCN(NCCCNC(=O)OC(C)(C)C)CC1. The number of alkyl carbamates (subject to hydrolysis) is 1. The van der Waals surface area contributed by atoms with Crippen LogP contribution in [0.15, 0.2) is 0 Å². The van der Waals surface area contributed by atoms with Crippen molar-refractivity contribution in [2.45, 2.75) is 32.8 Å². The molecule has 1 heterocycles. The Morgan fingerprint density at radius 3 is 2.37 bits per heavy atom. The fraction of sp³-hybridized carbons (Fsp3) is 0.923. The lowest BCUT2D eigenvalue weighted by Gasteiger charge is -2.32. The highest BCUT2D eigenvalue weighted by molar-refractivity contribution is 5.67. The molecule has 1 rings (SSSR count). The molecular weight excluding hydrogens is 244 g/mol. The van der Waals surface area contributed by atoms with Gasteiger partial charge in [-0.2, -0.15) is 0 Å². The third-order valence-corrected chi connectivity index (χ3v) is 2.86. The summed E-state index contributed by atoms with van der Waals surface area (Å²) in [7, 11) is 2.14. The van der Waals surface area contributed by atoms with Crippen LogP contribution in [0.3, 0.4) is 0 Å². The van der Waals surface area contributed by atoms with Gasteiger partial charge in [0.15, 0.2) is 0 Å². The molecular formula is C13H28N4O2. The van der Waals surface area contributed by atoms with E-state index in [0.29, 0.717) is 6.54 Å². The van der Waals surface area contributed by atoms with Crippen LogP contribution >= 0.6 is 0 Å². The van der Waals surface area contributed by atoms with Gasteiger partial charge in [0.1, 0.15) is 5.60 Å². The lowest BCUT2D eigenvalue weighted by Crippen LogP contribution is -2.51. The zero-order chi connectivity index (χ0) is 14.3. The Hall–Kier alpha value is -0.850. The zero-order valence-electron chi connectivity index (χ0n) is 12.7. The Labute approximate surface area is 116 Å². The number of ether oxygens (including phenoxy) is 1. The van der Waals surface area contributed by atoms with E-state index < -0.39 is 5.60 Å². The van der Waals surface area contributed by atoms with E-state index >= 15 is 0 Å². The molecule has 0 aromatic rings. The van der Waals surface area contributed by atoms with Crippen molar-refractivity contribution in [2.24, 2.45) is 0 Å². The number of nitrogens with zero attached hydrogens (tertiary/aromatic N) is 2. The number of hydrogen-bond donors (Lipinski definition) is 2. The van der Waals surface area contributed by atoms with Crippen molar-refractivity contribution in [1.29, 1.82) is 0 Å². The maximum Gasteiger partial charge on any atom is 0.407 e. The summed E-state index contributed by atoms with van der Waals surface area (Å²) in [6, 6.07) is 0. The van der Waals surface area contributed by atoms with E-state index in [0.717, 1.165) is 39.1 Å². The highest BCUT2D eigenvalue weighted by Crippen LogP contribution is 2.06. The van der Waals surface area contributed by atoms with Crippen LogP contribution in [0, 0.1) is 0 Å². The molecule has 6 heteroatoms. The van der Waals surface area contributed by atoms with Gasteiger partial charge >= 0.3 is 6.09 Å². The second-order valence-electron chi connectivity index (χ2n) is 5.98. The quantitative estimate of drug-likeness (QED) is 0.720. The van der Waals surface area contributed by atoms with Crippen molar-refractivity contribution >= 4 is 6.09 Å². The first-order valence-electron chi connectivity index (χ1n) is 7.01. The first-order chi connectivity index (χ1) is 8.87. The van der Waals surface area contributed by atoms with Crippen LogP contribution in [0.5, 0.6) is 0 Å². The monoisotopic (exact) mass is 272 g/mol. The van der Waals surface area contributed by atoms with Crippen molar-refractivity contribution in [3.63, 3.8) is 0 Å². The van der Waals surface area contributed by atoms with Crippen molar-refractivity contribution < 1.29 is 9.53 Å². The number of piperazine rings is 1. The van der Waals surface area contributed by atoms with Gasteiger partial charge in [0.2, 0.25) is 0 Å². The van der Waals surface area contributed by atoms with Gasteiger partial charge in [0.05, 0.1) is 0 Å². The molecule has 6 nitrogen and oxygen atoms in total. The van der Waals surface area contributed by atoms with Crippen molar-refractivity contribution in [3.8, 4) is 0 Å². The number of amides is 1. The predicted octanol–water partition coefficient (Wildman–Crippen LogP) is 0.653. The highest BCUT2D eigenvalue weighted by atomic mass is 16.6. The number of hydrazine groups is 1. The number of rotatable bonds is 5. The second-order valence-corrected chi connectivity index (χ2v) is 5.98. The van der Waals surface area contributed by atoms with Crippen LogP contribution in [0.1, 0.15) is 27.2 Å². The van der Waals surface area contributed by atoms with Gasteiger partial charge in [-0.15, -0.1) is 0 Å². The summed E-state index contributed by atoms with van der Waals surface area (Å²) in [5, 5.41) is 5.00. The van der Waals surface area contributed by atoms with E-state index in [9.17, 15) is 4.79 Å². The molecule has 0 atom stereocenters. The number of carbonyl (C=O) groups excluding carboxylic acids is 1. The first kappa shape index (κ1) is 16.2. The summed E-state index contributed by atoms with van der Waals surface area (Å²) < 4.78 is 5.16. The average molecular weight is 272 g/mol. The number of likely N-dealkylation sites (N-methyl/N-ethyl adjacent to an activating group) is 1. The van der Waals surface area contributed by atoms with Crippen LogP contribution in [-0.4, -0.2) is 67.9 Å². The maximum atomic E-state index is 11.4. The van der Waals surface area contributed by atoms with Gasteiger partial charge in [0, 0.05) is 39.3 Å². The molecule has 1 aliphatic rings. The standard InChI is InChI=1S/C13H28N4O2/c1-13(2,3)19-12(18)14-6-5-7-15-17-10-8-16(4)9-11-17/h15H,5-11H2,1-4H3,(H,14,18). The summed E-state index contributed by atoms with van der Waals surface area (Å²) in [6.07, 6.45) is 0.554. The minimum absolute atomic E-state index is 0.341. The van der Waals surface area contributed by atoms with Gasteiger partial charge in [0.25, 0.3) is 0 Å². The van der Waals surface area contributed by atoms with Crippen molar-refractivity contribution in [2.75, 3.05) is 46.3 Å². The van der Waals surface area contributed by atoms with E-state index in [2.05, 4.69) is 27.7 Å². The molecule has 0 spiro atoms. The summed E-state index contributed by atoms with van der Waals surface area (Å²) in [4.78, 5) is 13.7. The van der Waals surface area contributed by atoms with E-state index in [1.807, 2.05) is 20.8 Å². The lowest BCUT2D eigenvalue weighted by molar-refractivity contribution is 0.0525. The lowest BCUT2D eigenvalue weighted by atomic mass is 10.2. The molecule has 0 aromatic carbocycles. The Bertz CT molecular complexity index is 270. The summed E-state index contributed by atoms with van der Waals surface area (Å²) in [5.74, 6) is 0. The van der Waals surface area contributed by atoms with Crippen LogP contribution in [-0.2, 0) is 4.74 Å². The van der Waals surface area contributed by atoms with E-state index in [-0.39, 0.29) is 6.09 Å². The molecule has 0 aromatic heterocycles. The summed E-state index contributed by atoms with van der Waals surface area (Å²) in [6.45, 7) is 11.4. The first-order valence-corrected chi connectivity index (χ1v) is 7.01. The Morgan fingerprint density at radius 1 is 1.16 bits per heavy atom. The van der Waals surface area contributed by atoms with Crippen LogP contribution < -0.4 is 10.7 Å². The Kier molecular flexibility index (Phi) is 6.54. The maximum absolute atomic E-state index is 11.4. The van der Waals surface area contributed by atoms with Crippen LogP contribution in [0.25, 0.3) is 0 Å². The summed E-state index contributed by atoms with van der Waals surface area (Å²) >= 11 is 0. The molecule has 0 saturated carbocycles. The molecule has 1 amide bonds. The molecule has 1 aliphatic heterocycles. The average Bonchev–Trinajstić information content (AvgIpc) is 2.29. The Balaban J connectivity index is 1.98. The van der Waals surface area contributed by atoms with Crippen LogP contribution in [0.4, 0.5) is 4.79 Å². The molecule has 1 fully saturated rings. The minimum Gasteiger partial charge on any atom is -0.444 e. The van der Waals surface area contributed by atoms with E-state index in [1.54, 1.807) is 0 Å². The van der Waals surface area contributed by atoms with Crippen LogP contribution in [0.2, 0.25) is 0 Å². The smallest absolute Gasteiger partial charge is 0.407 e. The van der Waals surface area contributed by atoms with Gasteiger partial charge < -0.3 is 15.0 Å². The topological polar surface area (TPSA) is 56.8 Å². The molecule has 19 heavy (non-hydrogen) atoms. The molecule has 0 unspecified atom stereocenters. The van der Waals surface area contributed by atoms with Gasteiger partial charge in [-0.3, -0.25) is 5.43 Å². The summed E-state index contributed by atoms with van der Waals surface area (Å²) in [5.41, 5.74) is 2.95. The molecule has 0 aliphatic carbocycles. The van der Waals surface area contributed by atoms with Gasteiger partial charge in [-0.25, -0.2) is 9.80 Å². The van der Waals surface area contributed by atoms with E-state index in [4.69, 9.17) is 4.74 Å². The third kappa shape index (κ3) is 8.02. The van der Waals surface area contributed by atoms with Gasteiger partial charge in [-0.05, 0) is 34.2 Å². The fourth-order valence-electron chi connectivity index (χ4n) is 1.79. The molecule has 112 valence electrons. The number of carbonyl (C=O) groups is 1. The Morgan fingerprint density at radius 2 is 1.79 bits per heavy atom. The largest absolute Gasteiger partial charge is 0.444 e. The predicted molar refractivity (Wildman–Crippen MR) is 75.9 cm³/mol.